The number of nitrogen functional groups attached to an aromatic ring is 1. The molecule has 0 unspecified atom stereocenters. The molecule has 0 atom stereocenters. The lowest BCUT2D eigenvalue weighted by atomic mass is 10.2. The number of hydrogen-bond acceptors (Lipinski definition) is 7. The highest BCUT2D eigenvalue weighted by molar-refractivity contribution is 7.13. The molecule has 3 N–H and O–H groups in total. The van der Waals surface area contributed by atoms with Crippen LogP contribution >= 0.6 is 11.3 Å². The largest absolute Gasteiger partial charge is 0.494 e. The standard InChI is InChI=1S/C12H12N4O4S/c1-20-10-5-8(16(18)19)2-3-9(10)15-11(17)4-7-6-21-12(13)14-7/h2-3,5-6H,4H2,1H3,(H2,13,14)(H,15,17). The smallest absolute Gasteiger partial charge is 0.273 e. The molecule has 0 fully saturated rings. The number of carbonyl (C=O) groups excluding carboxylic acids is 1. The van der Waals surface area contributed by atoms with E-state index in [1.54, 1.807) is 5.38 Å². The molecule has 0 bridgehead atoms. The van der Waals surface area contributed by atoms with Gasteiger partial charge in [0.15, 0.2) is 5.13 Å². The Morgan fingerprint density at radius 3 is 2.90 bits per heavy atom. The molecule has 1 aromatic carbocycles. The molecular formula is C12H12N4O4S. The minimum Gasteiger partial charge on any atom is -0.494 e. The van der Waals surface area contributed by atoms with E-state index in [4.69, 9.17) is 10.5 Å². The zero-order valence-corrected chi connectivity index (χ0v) is 11.8. The average molecular weight is 308 g/mol. The van der Waals surface area contributed by atoms with Crippen molar-refractivity contribution < 1.29 is 14.5 Å². The van der Waals surface area contributed by atoms with Crippen molar-refractivity contribution in [1.82, 2.24) is 4.98 Å². The van der Waals surface area contributed by atoms with Gasteiger partial charge in [-0.1, -0.05) is 0 Å². The molecule has 0 aliphatic rings. The van der Waals surface area contributed by atoms with Gasteiger partial charge >= 0.3 is 0 Å². The summed E-state index contributed by atoms with van der Waals surface area (Å²) in [5.74, 6) is -0.0946. The number of amides is 1. The lowest BCUT2D eigenvalue weighted by molar-refractivity contribution is -0.384. The number of nitro benzene ring substituents is 1. The first-order valence-electron chi connectivity index (χ1n) is 5.81. The molecule has 0 spiro atoms. The van der Waals surface area contributed by atoms with E-state index >= 15 is 0 Å². The number of nitrogens with one attached hydrogen (secondary N) is 1. The number of thiazole rings is 1. The Kier molecular flexibility index (Phi) is 4.33. The average Bonchev–Trinajstić information content (AvgIpc) is 2.84. The van der Waals surface area contributed by atoms with Crippen LogP contribution in [0.4, 0.5) is 16.5 Å². The fraction of sp³-hybridized carbons (Fsp3) is 0.167. The lowest BCUT2D eigenvalue weighted by Crippen LogP contribution is -2.15. The third kappa shape index (κ3) is 3.66. The van der Waals surface area contributed by atoms with Crippen LogP contribution in [0.3, 0.4) is 0 Å². The molecule has 9 heteroatoms. The van der Waals surface area contributed by atoms with Gasteiger partial charge in [0.2, 0.25) is 5.91 Å². The first-order valence-corrected chi connectivity index (χ1v) is 6.69. The van der Waals surface area contributed by atoms with E-state index in [2.05, 4.69) is 10.3 Å². The maximum absolute atomic E-state index is 11.9. The number of non-ortho nitro benzene ring substituents is 1. The van der Waals surface area contributed by atoms with Gasteiger partial charge < -0.3 is 15.8 Å². The van der Waals surface area contributed by atoms with Gasteiger partial charge in [0.1, 0.15) is 5.75 Å². The van der Waals surface area contributed by atoms with E-state index in [1.165, 1.54) is 36.6 Å². The summed E-state index contributed by atoms with van der Waals surface area (Å²) in [5, 5.41) is 15.4. The van der Waals surface area contributed by atoms with Crippen LogP contribution < -0.4 is 15.8 Å². The zero-order valence-electron chi connectivity index (χ0n) is 11.0. The van der Waals surface area contributed by atoms with Crippen LogP contribution in [0.1, 0.15) is 5.69 Å². The Morgan fingerprint density at radius 1 is 1.57 bits per heavy atom. The molecule has 1 heterocycles. The number of hydrogen-bond donors (Lipinski definition) is 2. The van der Waals surface area contributed by atoms with Crippen molar-refractivity contribution in [3.63, 3.8) is 0 Å². The summed E-state index contributed by atoms with van der Waals surface area (Å²) in [6.07, 6.45) is 0.0633. The fourth-order valence-electron chi connectivity index (χ4n) is 1.66. The van der Waals surface area contributed by atoms with Crippen molar-refractivity contribution in [1.29, 1.82) is 0 Å². The molecule has 0 aliphatic carbocycles. The van der Waals surface area contributed by atoms with Gasteiger partial charge in [-0.25, -0.2) is 4.98 Å². The predicted octanol–water partition coefficient (Wildman–Crippen LogP) is 1.82. The summed E-state index contributed by atoms with van der Waals surface area (Å²) in [6, 6.07) is 3.96. The first kappa shape index (κ1) is 14.7. The Bertz CT molecular complexity index is 686. The monoisotopic (exact) mass is 308 g/mol. The van der Waals surface area contributed by atoms with Crippen LogP contribution in [0.2, 0.25) is 0 Å². The summed E-state index contributed by atoms with van der Waals surface area (Å²) < 4.78 is 5.04. The molecule has 110 valence electrons. The number of benzene rings is 1. The molecule has 8 nitrogen and oxygen atoms in total. The van der Waals surface area contributed by atoms with Crippen molar-refractivity contribution in [2.75, 3.05) is 18.2 Å². The summed E-state index contributed by atoms with van der Waals surface area (Å²) in [4.78, 5) is 26.0. The summed E-state index contributed by atoms with van der Waals surface area (Å²) in [7, 11) is 1.37. The molecule has 1 aromatic heterocycles. The number of carbonyl (C=O) groups is 1. The van der Waals surface area contributed by atoms with Crippen LogP contribution in [0, 0.1) is 10.1 Å². The SMILES string of the molecule is COc1cc([N+](=O)[O-])ccc1NC(=O)Cc1csc(N)n1. The Labute approximate surface area is 123 Å². The van der Waals surface area contributed by atoms with Crippen molar-refractivity contribution in [2.24, 2.45) is 0 Å². The van der Waals surface area contributed by atoms with Crippen LogP contribution in [0.5, 0.6) is 5.75 Å². The van der Waals surface area contributed by atoms with Crippen molar-refractivity contribution in [2.45, 2.75) is 6.42 Å². The molecule has 2 aromatic rings. The maximum atomic E-state index is 11.9. The van der Waals surface area contributed by atoms with E-state index in [9.17, 15) is 14.9 Å². The van der Waals surface area contributed by atoms with E-state index in [-0.39, 0.29) is 23.8 Å². The quantitative estimate of drug-likeness (QED) is 0.642. The van der Waals surface area contributed by atoms with Gasteiger partial charge in [-0.15, -0.1) is 11.3 Å². The molecule has 2 rings (SSSR count). The second-order valence-corrected chi connectivity index (χ2v) is 4.93. The minimum absolute atomic E-state index is 0.0633. The number of methoxy groups -OCH3 is 1. The Balaban J connectivity index is 2.11. The number of rotatable bonds is 5. The summed E-state index contributed by atoms with van der Waals surface area (Å²) in [5.41, 5.74) is 6.30. The number of nitrogens with zero attached hydrogens (tertiary/aromatic N) is 2. The second-order valence-electron chi connectivity index (χ2n) is 4.04. The third-order valence-corrected chi connectivity index (χ3v) is 3.30. The predicted molar refractivity (Wildman–Crippen MR) is 78.5 cm³/mol. The molecule has 0 saturated heterocycles. The van der Waals surface area contributed by atoms with Gasteiger partial charge in [0.25, 0.3) is 5.69 Å². The Hall–Kier alpha value is -2.68. The summed E-state index contributed by atoms with van der Waals surface area (Å²) >= 11 is 1.25. The van der Waals surface area contributed by atoms with Gasteiger partial charge in [-0.2, -0.15) is 0 Å². The molecule has 0 aliphatic heterocycles. The normalized spacial score (nSPS) is 10.1. The third-order valence-electron chi connectivity index (χ3n) is 2.58. The van der Waals surface area contributed by atoms with E-state index in [0.717, 1.165) is 0 Å². The summed E-state index contributed by atoms with van der Waals surface area (Å²) in [6.45, 7) is 0. The lowest BCUT2D eigenvalue weighted by Gasteiger charge is -2.09. The maximum Gasteiger partial charge on any atom is 0.273 e. The van der Waals surface area contributed by atoms with Crippen LogP contribution in [-0.4, -0.2) is 22.9 Å². The molecule has 1 amide bonds. The number of nitrogens with two attached hydrogens (primary N) is 1. The van der Waals surface area contributed by atoms with E-state index in [1.807, 2.05) is 0 Å². The van der Waals surface area contributed by atoms with Gasteiger partial charge in [-0.3, -0.25) is 14.9 Å². The molecule has 21 heavy (non-hydrogen) atoms. The number of nitro groups is 1. The molecular weight excluding hydrogens is 296 g/mol. The molecule has 0 radical (unpaired) electrons. The van der Waals surface area contributed by atoms with E-state index in [0.29, 0.717) is 16.5 Å². The highest BCUT2D eigenvalue weighted by Crippen LogP contribution is 2.29. The highest BCUT2D eigenvalue weighted by Gasteiger charge is 2.14. The van der Waals surface area contributed by atoms with Gasteiger partial charge in [0.05, 0.1) is 35.9 Å². The topological polar surface area (TPSA) is 120 Å². The number of ether oxygens (including phenoxy) is 1. The second kappa shape index (κ2) is 6.18. The molecule has 0 saturated carbocycles. The zero-order chi connectivity index (χ0) is 15.4. The van der Waals surface area contributed by atoms with Crippen LogP contribution in [0.15, 0.2) is 23.6 Å². The minimum atomic E-state index is -0.536. The van der Waals surface area contributed by atoms with Crippen LogP contribution in [0.25, 0.3) is 0 Å². The fourth-order valence-corrected chi connectivity index (χ4v) is 2.22. The number of aromatic nitrogens is 1. The number of anilines is 2. The first-order chi connectivity index (χ1) is 9.99. The Morgan fingerprint density at radius 2 is 2.33 bits per heavy atom. The van der Waals surface area contributed by atoms with Gasteiger partial charge in [-0.05, 0) is 6.07 Å². The van der Waals surface area contributed by atoms with Gasteiger partial charge in [0, 0.05) is 11.4 Å². The van der Waals surface area contributed by atoms with Crippen molar-refractivity contribution in [3.8, 4) is 5.75 Å². The van der Waals surface area contributed by atoms with Crippen molar-refractivity contribution in [3.05, 3.63) is 39.4 Å². The van der Waals surface area contributed by atoms with Crippen molar-refractivity contribution >= 4 is 33.8 Å². The van der Waals surface area contributed by atoms with Crippen LogP contribution in [-0.2, 0) is 11.2 Å². The highest BCUT2D eigenvalue weighted by atomic mass is 32.1. The van der Waals surface area contributed by atoms with E-state index < -0.39 is 4.92 Å².